The third-order valence-electron chi connectivity index (χ3n) is 8.48. The molecule has 0 saturated carbocycles. The van der Waals surface area contributed by atoms with Gasteiger partial charge in [0, 0.05) is 79.6 Å². The normalized spacial score (nSPS) is 17.3. The first kappa shape index (κ1) is 33.6. The molecule has 0 radical (unpaired) electrons. The van der Waals surface area contributed by atoms with Gasteiger partial charge in [0.05, 0.1) is 39.9 Å². The Balaban J connectivity index is 1.17. The Kier molecular flexibility index (Phi) is 10.7. The van der Waals surface area contributed by atoms with E-state index >= 15 is 4.39 Å². The molecule has 0 bridgehead atoms. The van der Waals surface area contributed by atoms with Crippen LogP contribution in [0.3, 0.4) is 0 Å². The van der Waals surface area contributed by atoms with Gasteiger partial charge in [0.1, 0.15) is 0 Å². The minimum atomic E-state index is -0.399. The lowest BCUT2D eigenvalue weighted by atomic mass is 10.0. The molecule has 4 heterocycles. The molecule has 2 atom stereocenters. The highest BCUT2D eigenvalue weighted by Crippen LogP contribution is 2.41. The monoisotopic (exact) mass is 691 g/mol. The van der Waals surface area contributed by atoms with E-state index in [9.17, 15) is 9.59 Å². The van der Waals surface area contributed by atoms with Crippen LogP contribution >= 0.6 is 23.2 Å². The van der Waals surface area contributed by atoms with E-state index in [0.717, 1.165) is 18.4 Å². The quantitative estimate of drug-likeness (QED) is 0.120. The molecule has 10 nitrogen and oxygen atoms in total. The second-order valence-corrected chi connectivity index (χ2v) is 12.6. The summed E-state index contributed by atoms with van der Waals surface area (Å²) in [6.07, 6.45) is 4.30. The number of carbonyl (C=O) groups excluding carboxylic acids is 2. The highest BCUT2D eigenvalue weighted by molar-refractivity contribution is 6.39. The summed E-state index contributed by atoms with van der Waals surface area (Å²) in [5.41, 5.74) is 4.38. The van der Waals surface area contributed by atoms with E-state index < -0.39 is 5.82 Å². The van der Waals surface area contributed by atoms with Gasteiger partial charge >= 0.3 is 0 Å². The van der Waals surface area contributed by atoms with Crippen molar-refractivity contribution in [2.75, 3.05) is 25.5 Å². The molecule has 2 aromatic heterocycles. The summed E-state index contributed by atoms with van der Waals surface area (Å²) in [7, 11) is 1.57. The van der Waals surface area contributed by atoms with Crippen molar-refractivity contribution < 1.29 is 18.7 Å². The molecule has 2 fully saturated rings. The third kappa shape index (κ3) is 7.71. The minimum absolute atomic E-state index is 0.0464. The SMILES string of the molecule is COc1nc(-c2ccnc(-c3cccc(Nc4cccc(CNC[C@@H]5CCC(=O)N5)c4F)c3Cl)c2Cl)ccc1CNC[C@@H]1CCC(=O)N1. The summed E-state index contributed by atoms with van der Waals surface area (Å²) in [6.45, 7) is 2.05. The van der Waals surface area contributed by atoms with Crippen molar-refractivity contribution in [2.24, 2.45) is 0 Å². The Labute approximate surface area is 288 Å². The zero-order valence-electron chi connectivity index (χ0n) is 26.3. The number of anilines is 2. The van der Waals surface area contributed by atoms with Crippen molar-refractivity contribution in [3.8, 4) is 28.4 Å². The highest BCUT2D eigenvalue weighted by Gasteiger charge is 2.22. The number of pyridine rings is 2. The van der Waals surface area contributed by atoms with Crippen LogP contribution in [0.25, 0.3) is 22.5 Å². The van der Waals surface area contributed by atoms with E-state index in [1.807, 2.05) is 12.1 Å². The van der Waals surface area contributed by atoms with E-state index in [1.165, 1.54) is 0 Å². The number of methoxy groups -OCH3 is 1. The lowest BCUT2D eigenvalue weighted by Crippen LogP contribution is -2.35. The second kappa shape index (κ2) is 15.3. The lowest BCUT2D eigenvalue weighted by Gasteiger charge is -2.16. The van der Waals surface area contributed by atoms with Crippen LogP contribution in [0.5, 0.6) is 5.88 Å². The van der Waals surface area contributed by atoms with Crippen LogP contribution in [-0.2, 0) is 22.7 Å². The smallest absolute Gasteiger partial charge is 0.220 e. The van der Waals surface area contributed by atoms with Gasteiger partial charge in [-0.15, -0.1) is 0 Å². The number of amides is 2. The molecule has 2 saturated heterocycles. The topological polar surface area (TPSA) is 129 Å². The summed E-state index contributed by atoms with van der Waals surface area (Å²) in [4.78, 5) is 32.2. The number of nitrogens with one attached hydrogen (secondary N) is 5. The van der Waals surface area contributed by atoms with Crippen molar-refractivity contribution in [3.63, 3.8) is 0 Å². The van der Waals surface area contributed by atoms with Gasteiger partial charge in [0.25, 0.3) is 0 Å². The first-order valence-corrected chi connectivity index (χ1v) is 16.6. The molecular weight excluding hydrogens is 656 g/mol. The number of ether oxygens (including phenoxy) is 1. The molecule has 250 valence electrons. The summed E-state index contributed by atoms with van der Waals surface area (Å²) in [6, 6.07) is 16.3. The number of aromatic nitrogens is 2. The van der Waals surface area contributed by atoms with Crippen molar-refractivity contribution in [1.29, 1.82) is 0 Å². The molecule has 4 aromatic rings. The van der Waals surface area contributed by atoms with Crippen LogP contribution in [0.1, 0.15) is 36.8 Å². The van der Waals surface area contributed by atoms with E-state index in [2.05, 4.69) is 31.6 Å². The average molecular weight is 693 g/mol. The Morgan fingerprint density at radius 3 is 2.17 bits per heavy atom. The van der Waals surface area contributed by atoms with E-state index in [-0.39, 0.29) is 29.6 Å². The Morgan fingerprint density at radius 2 is 1.50 bits per heavy atom. The van der Waals surface area contributed by atoms with Crippen LogP contribution in [-0.4, -0.2) is 54.1 Å². The van der Waals surface area contributed by atoms with Crippen LogP contribution < -0.4 is 31.3 Å². The zero-order chi connectivity index (χ0) is 33.6. The number of hydrogen-bond acceptors (Lipinski definition) is 8. The number of carbonyl (C=O) groups is 2. The zero-order valence-corrected chi connectivity index (χ0v) is 27.8. The number of halogens is 3. The lowest BCUT2D eigenvalue weighted by molar-refractivity contribution is -0.120. The van der Waals surface area contributed by atoms with Crippen LogP contribution in [0.4, 0.5) is 15.8 Å². The number of hydrogen-bond donors (Lipinski definition) is 5. The van der Waals surface area contributed by atoms with Crippen molar-refractivity contribution >= 4 is 46.4 Å². The Bertz CT molecular complexity index is 1830. The molecule has 48 heavy (non-hydrogen) atoms. The predicted octanol–water partition coefficient (Wildman–Crippen LogP) is 5.75. The number of benzene rings is 2. The first-order valence-electron chi connectivity index (χ1n) is 15.8. The molecule has 2 aliphatic rings. The van der Waals surface area contributed by atoms with Gasteiger partial charge < -0.3 is 31.3 Å². The fourth-order valence-electron chi connectivity index (χ4n) is 5.95. The molecule has 2 aromatic carbocycles. The van der Waals surface area contributed by atoms with E-state index in [4.69, 9.17) is 32.9 Å². The van der Waals surface area contributed by atoms with Gasteiger partial charge in [-0.2, -0.15) is 0 Å². The molecule has 5 N–H and O–H groups in total. The summed E-state index contributed by atoms with van der Waals surface area (Å²) < 4.78 is 21.1. The van der Waals surface area contributed by atoms with Crippen LogP contribution in [0.15, 0.2) is 60.8 Å². The summed E-state index contributed by atoms with van der Waals surface area (Å²) in [5.74, 6) is 0.188. The second-order valence-electron chi connectivity index (χ2n) is 11.8. The largest absolute Gasteiger partial charge is 0.481 e. The van der Waals surface area contributed by atoms with Gasteiger partial charge in [0.15, 0.2) is 5.82 Å². The molecule has 0 aliphatic carbocycles. The van der Waals surface area contributed by atoms with Crippen LogP contribution in [0.2, 0.25) is 10.0 Å². The maximum atomic E-state index is 15.5. The fraction of sp³-hybridized carbons (Fsp3) is 0.314. The maximum Gasteiger partial charge on any atom is 0.220 e. The Morgan fingerprint density at radius 1 is 0.833 bits per heavy atom. The molecule has 0 spiro atoms. The van der Waals surface area contributed by atoms with Gasteiger partial charge in [-0.3, -0.25) is 14.6 Å². The maximum absolute atomic E-state index is 15.5. The van der Waals surface area contributed by atoms with Crippen molar-refractivity contribution in [3.05, 3.63) is 87.8 Å². The molecule has 2 amide bonds. The highest BCUT2D eigenvalue weighted by atomic mass is 35.5. The van der Waals surface area contributed by atoms with E-state index in [0.29, 0.717) is 88.7 Å². The van der Waals surface area contributed by atoms with E-state index in [1.54, 1.807) is 55.8 Å². The molecule has 6 rings (SSSR count). The Hall–Kier alpha value is -4.29. The van der Waals surface area contributed by atoms with Crippen molar-refractivity contribution in [2.45, 2.75) is 50.9 Å². The molecular formula is C35H36Cl2FN7O3. The summed E-state index contributed by atoms with van der Waals surface area (Å²) in [5, 5.41) is 16.3. The van der Waals surface area contributed by atoms with Crippen molar-refractivity contribution in [1.82, 2.24) is 31.2 Å². The fourth-order valence-corrected chi connectivity index (χ4v) is 6.53. The van der Waals surface area contributed by atoms with Gasteiger partial charge in [-0.1, -0.05) is 53.5 Å². The van der Waals surface area contributed by atoms with Gasteiger partial charge in [-0.05, 0) is 37.1 Å². The van der Waals surface area contributed by atoms with Crippen LogP contribution in [0, 0.1) is 5.82 Å². The average Bonchev–Trinajstić information content (AvgIpc) is 3.70. The van der Waals surface area contributed by atoms with Gasteiger partial charge in [-0.25, -0.2) is 9.37 Å². The molecule has 13 heteroatoms. The first-order chi connectivity index (χ1) is 23.3. The number of rotatable bonds is 13. The third-order valence-corrected chi connectivity index (χ3v) is 9.27. The minimum Gasteiger partial charge on any atom is -0.481 e. The standard InChI is InChI=1S/C35H36Cl2FN7O3/c1-48-35-21(17-40-19-23-10-13-30(47)43-23)8-11-26(45-35)24-14-15-41-34(32(24)37)25-5-3-6-27(31(25)36)44-28-7-2-4-20(33(28)38)16-39-18-22-9-12-29(46)42-22/h2-8,11,14-15,22-23,39-40,44H,9-10,12-13,16-19H2,1H3,(H,42,46)(H,43,47)/t22-,23-/m0/s1. The predicted molar refractivity (Wildman–Crippen MR) is 185 cm³/mol. The molecule has 0 unspecified atom stereocenters. The van der Waals surface area contributed by atoms with Gasteiger partial charge in [0.2, 0.25) is 17.7 Å². The number of nitrogens with zero attached hydrogens (tertiary/aromatic N) is 2. The molecule has 2 aliphatic heterocycles. The summed E-state index contributed by atoms with van der Waals surface area (Å²) >= 11 is 13.9.